The van der Waals surface area contributed by atoms with E-state index in [4.69, 9.17) is 4.74 Å². The zero-order valence-corrected chi connectivity index (χ0v) is 12.0. The maximum absolute atomic E-state index is 11.9. The number of pyridine rings is 1. The van der Waals surface area contributed by atoms with Crippen LogP contribution in [0.15, 0.2) is 23.1 Å². The summed E-state index contributed by atoms with van der Waals surface area (Å²) in [6, 6.07) is 3.25. The van der Waals surface area contributed by atoms with Crippen LogP contribution in [0.2, 0.25) is 0 Å². The van der Waals surface area contributed by atoms with Crippen molar-refractivity contribution in [3.8, 4) is 0 Å². The predicted octanol–water partition coefficient (Wildman–Crippen LogP) is 1.57. The second kappa shape index (κ2) is 8.30. The number of aromatic nitrogens is 1. The van der Waals surface area contributed by atoms with E-state index < -0.39 is 11.9 Å². The Balaban J connectivity index is 2.77. The van der Waals surface area contributed by atoms with E-state index >= 15 is 0 Å². The van der Waals surface area contributed by atoms with E-state index in [0.717, 1.165) is 12.8 Å². The summed E-state index contributed by atoms with van der Waals surface area (Å²) in [5.74, 6) is -1.39. The first kappa shape index (κ1) is 16.1. The number of ether oxygens (including phenoxy) is 1. The van der Waals surface area contributed by atoms with Crippen molar-refractivity contribution >= 4 is 12.3 Å². The summed E-state index contributed by atoms with van der Waals surface area (Å²) >= 11 is 0. The van der Waals surface area contributed by atoms with E-state index in [9.17, 15) is 14.4 Å². The van der Waals surface area contributed by atoms with Crippen LogP contribution in [-0.2, 0) is 27.3 Å². The van der Waals surface area contributed by atoms with Gasteiger partial charge < -0.3 is 14.1 Å². The van der Waals surface area contributed by atoms with Gasteiger partial charge >= 0.3 is 5.97 Å². The van der Waals surface area contributed by atoms with E-state index in [1.165, 1.54) is 6.07 Å². The van der Waals surface area contributed by atoms with Crippen LogP contribution in [0, 0.1) is 5.92 Å². The maximum Gasteiger partial charge on any atom is 0.316 e. The van der Waals surface area contributed by atoms with Gasteiger partial charge in [0.25, 0.3) is 5.56 Å². The first-order valence-electron chi connectivity index (χ1n) is 6.93. The third kappa shape index (κ3) is 4.64. The lowest BCUT2D eigenvalue weighted by Crippen LogP contribution is -2.24. The highest BCUT2D eigenvalue weighted by Gasteiger charge is 2.19. The average molecular weight is 279 g/mol. The van der Waals surface area contributed by atoms with E-state index in [1.54, 1.807) is 23.8 Å². The van der Waals surface area contributed by atoms with Gasteiger partial charge in [0.05, 0.1) is 6.61 Å². The zero-order chi connectivity index (χ0) is 15.0. The van der Waals surface area contributed by atoms with Crippen LogP contribution in [0.4, 0.5) is 0 Å². The number of aryl methyl sites for hydroxylation is 1. The fraction of sp³-hybridized carbons (Fsp3) is 0.533. The molecule has 0 aliphatic rings. The highest BCUT2D eigenvalue weighted by molar-refractivity contribution is 5.88. The van der Waals surface area contributed by atoms with Crippen LogP contribution in [-0.4, -0.2) is 23.4 Å². The number of hydrogen-bond acceptors (Lipinski definition) is 4. The van der Waals surface area contributed by atoms with Crippen LogP contribution in [0.25, 0.3) is 0 Å². The predicted molar refractivity (Wildman–Crippen MR) is 75.5 cm³/mol. The van der Waals surface area contributed by atoms with Crippen molar-refractivity contribution < 1.29 is 14.3 Å². The number of esters is 1. The van der Waals surface area contributed by atoms with Crippen LogP contribution in [0.3, 0.4) is 0 Å². The normalized spacial score (nSPS) is 11.9. The van der Waals surface area contributed by atoms with Gasteiger partial charge in [-0.25, -0.2) is 0 Å². The van der Waals surface area contributed by atoms with Crippen molar-refractivity contribution in [2.24, 2.45) is 5.92 Å². The Morgan fingerprint density at radius 3 is 2.75 bits per heavy atom. The largest absolute Gasteiger partial charge is 0.465 e. The van der Waals surface area contributed by atoms with Crippen LogP contribution >= 0.6 is 0 Å². The summed E-state index contributed by atoms with van der Waals surface area (Å²) < 4.78 is 6.45. The molecule has 1 rings (SSSR count). The standard InChI is InChI=1S/C15H21NO4/c1-3-5-7-16-8-6-12(10-14(16)18)9-13(11-17)15(19)20-4-2/h6,8,10-11,13H,3-5,7,9H2,1-2H3. The van der Waals surface area contributed by atoms with E-state index in [1.807, 2.05) is 0 Å². The van der Waals surface area contributed by atoms with Gasteiger partial charge in [0.2, 0.25) is 0 Å². The van der Waals surface area contributed by atoms with Crippen molar-refractivity contribution in [2.75, 3.05) is 6.61 Å². The van der Waals surface area contributed by atoms with Gasteiger partial charge in [-0.15, -0.1) is 0 Å². The second-order valence-electron chi connectivity index (χ2n) is 4.62. The van der Waals surface area contributed by atoms with Crippen LogP contribution in [0.1, 0.15) is 32.3 Å². The Hall–Kier alpha value is -1.91. The van der Waals surface area contributed by atoms with Gasteiger partial charge in [0.15, 0.2) is 0 Å². The molecular weight excluding hydrogens is 258 g/mol. The molecule has 0 aromatic carbocycles. The molecule has 1 atom stereocenters. The first-order valence-corrected chi connectivity index (χ1v) is 6.93. The molecule has 0 fully saturated rings. The van der Waals surface area contributed by atoms with Gasteiger partial charge in [-0.2, -0.15) is 0 Å². The Labute approximate surface area is 118 Å². The molecule has 110 valence electrons. The topological polar surface area (TPSA) is 65.4 Å². The molecule has 20 heavy (non-hydrogen) atoms. The SMILES string of the molecule is CCCCn1ccc(CC(C=O)C(=O)OCC)cc1=O. The van der Waals surface area contributed by atoms with Crippen molar-refractivity contribution in [1.82, 2.24) is 4.57 Å². The van der Waals surface area contributed by atoms with E-state index in [0.29, 0.717) is 18.4 Å². The minimum Gasteiger partial charge on any atom is -0.465 e. The van der Waals surface area contributed by atoms with Crippen molar-refractivity contribution in [2.45, 2.75) is 39.7 Å². The summed E-state index contributed by atoms with van der Waals surface area (Å²) in [7, 11) is 0. The minimum absolute atomic E-state index is 0.107. The third-order valence-electron chi connectivity index (χ3n) is 3.02. The number of carbonyl (C=O) groups is 2. The summed E-state index contributed by atoms with van der Waals surface area (Å²) in [5, 5.41) is 0. The number of hydrogen-bond donors (Lipinski definition) is 0. The molecule has 0 spiro atoms. The fourth-order valence-electron chi connectivity index (χ4n) is 1.88. The second-order valence-corrected chi connectivity index (χ2v) is 4.62. The summed E-state index contributed by atoms with van der Waals surface area (Å²) in [6.45, 7) is 4.68. The molecule has 1 heterocycles. The average Bonchev–Trinajstić information content (AvgIpc) is 2.44. The summed E-state index contributed by atoms with van der Waals surface area (Å²) in [4.78, 5) is 34.3. The Morgan fingerprint density at radius 1 is 1.45 bits per heavy atom. The maximum atomic E-state index is 11.9. The van der Waals surface area contributed by atoms with Gasteiger partial charge in [0, 0.05) is 18.8 Å². The molecule has 5 heteroatoms. The number of rotatable bonds is 8. The van der Waals surface area contributed by atoms with Crippen molar-refractivity contribution in [1.29, 1.82) is 0 Å². The molecular formula is C15H21NO4. The molecule has 0 N–H and O–H groups in total. The molecule has 0 aliphatic heterocycles. The molecule has 5 nitrogen and oxygen atoms in total. The molecule has 0 saturated carbocycles. The first-order chi connectivity index (χ1) is 9.62. The van der Waals surface area contributed by atoms with Crippen LogP contribution in [0.5, 0.6) is 0 Å². The number of nitrogens with zero attached hydrogens (tertiary/aromatic N) is 1. The molecule has 0 bridgehead atoms. The van der Waals surface area contributed by atoms with Gasteiger partial charge in [-0.1, -0.05) is 13.3 Å². The molecule has 0 amide bonds. The molecule has 0 radical (unpaired) electrons. The lowest BCUT2D eigenvalue weighted by Gasteiger charge is -2.10. The molecule has 0 saturated heterocycles. The lowest BCUT2D eigenvalue weighted by atomic mass is 10.0. The highest BCUT2D eigenvalue weighted by atomic mass is 16.5. The lowest BCUT2D eigenvalue weighted by molar-refractivity contribution is -0.149. The third-order valence-corrected chi connectivity index (χ3v) is 3.02. The number of aldehydes is 1. The Morgan fingerprint density at radius 2 is 2.20 bits per heavy atom. The molecule has 1 unspecified atom stereocenters. The van der Waals surface area contributed by atoms with E-state index in [2.05, 4.69) is 6.92 Å². The smallest absolute Gasteiger partial charge is 0.316 e. The summed E-state index contributed by atoms with van der Waals surface area (Å²) in [6.07, 6.45) is 4.44. The van der Waals surface area contributed by atoms with Gasteiger partial charge in [-0.3, -0.25) is 9.59 Å². The minimum atomic E-state index is -0.846. The Bertz CT molecular complexity index is 507. The Kier molecular flexibility index (Phi) is 6.70. The van der Waals surface area contributed by atoms with Crippen LogP contribution < -0.4 is 5.56 Å². The van der Waals surface area contributed by atoms with Gasteiger partial charge in [0.1, 0.15) is 12.2 Å². The quantitative estimate of drug-likeness (QED) is 0.411. The monoisotopic (exact) mass is 279 g/mol. The zero-order valence-electron chi connectivity index (χ0n) is 12.0. The number of carbonyl (C=O) groups excluding carboxylic acids is 2. The highest BCUT2D eigenvalue weighted by Crippen LogP contribution is 2.07. The van der Waals surface area contributed by atoms with E-state index in [-0.39, 0.29) is 18.6 Å². The van der Waals surface area contributed by atoms with Crippen molar-refractivity contribution in [3.05, 3.63) is 34.2 Å². The molecule has 0 aliphatic carbocycles. The molecule has 1 aromatic heterocycles. The van der Waals surface area contributed by atoms with Gasteiger partial charge in [-0.05, 0) is 31.4 Å². The van der Waals surface area contributed by atoms with Crippen molar-refractivity contribution in [3.63, 3.8) is 0 Å². The number of unbranched alkanes of at least 4 members (excludes halogenated alkanes) is 1. The fourth-order valence-corrected chi connectivity index (χ4v) is 1.88. The molecule has 1 aromatic rings. The summed E-state index contributed by atoms with van der Waals surface area (Å²) in [5.41, 5.74) is 0.567.